The van der Waals surface area contributed by atoms with Gasteiger partial charge in [0.1, 0.15) is 17.6 Å². The fourth-order valence-corrected chi connectivity index (χ4v) is 5.29. The molecule has 0 N–H and O–H groups in total. The standard InChI is InChI=1S/C26H23ClF2N6O3/c1-13-7-33(9-20(38-13)14-6-30-35(8-14)15-2-3-15)21-10-34-25(31-19-12-37-11-17(19)26(34)36)24(32-21)16-4-5-18(27)23(29)22(16)28/h4-6,8,10,13,15,20H,2-3,7,9,11-12H2,1H3/t13-,20-/m0/s1. The molecule has 9 nitrogen and oxygen atoms in total. The largest absolute Gasteiger partial charge is 0.370 e. The average molecular weight is 541 g/mol. The maximum absolute atomic E-state index is 15.2. The van der Waals surface area contributed by atoms with Crippen molar-refractivity contribution >= 4 is 23.1 Å². The average Bonchev–Trinajstić information content (AvgIpc) is 3.43. The van der Waals surface area contributed by atoms with E-state index in [2.05, 4.69) is 10.1 Å². The van der Waals surface area contributed by atoms with Crippen molar-refractivity contribution < 1.29 is 18.3 Å². The summed E-state index contributed by atoms with van der Waals surface area (Å²) >= 11 is 5.81. The Labute approximate surface area is 220 Å². The lowest BCUT2D eigenvalue weighted by molar-refractivity contribution is -0.0176. The zero-order valence-corrected chi connectivity index (χ0v) is 21.2. The van der Waals surface area contributed by atoms with E-state index in [4.69, 9.17) is 26.1 Å². The Hall–Kier alpha value is -3.41. The molecule has 7 rings (SSSR count). The third kappa shape index (κ3) is 3.88. The molecule has 0 spiro atoms. The molecule has 4 aromatic rings. The van der Waals surface area contributed by atoms with Crippen molar-refractivity contribution in [3.05, 3.63) is 74.6 Å². The molecule has 1 saturated carbocycles. The normalized spacial score (nSPS) is 21.3. The van der Waals surface area contributed by atoms with Crippen molar-refractivity contribution in [2.75, 3.05) is 18.0 Å². The number of anilines is 1. The van der Waals surface area contributed by atoms with Crippen LogP contribution in [-0.4, -0.2) is 43.3 Å². The lowest BCUT2D eigenvalue weighted by atomic mass is 10.1. The van der Waals surface area contributed by atoms with Gasteiger partial charge < -0.3 is 14.4 Å². The van der Waals surface area contributed by atoms with Gasteiger partial charge >= 0.3 is 0 Å². The molecule has 2 aliphatic heterocycles. The Morgan fingerprint density at radius 1 is 1.08 bits per heavy atom. The molecule has 1 aliphatic carbocycles. The quantitative estimate of drug-likeness (QED) is 0.358. The van der Waals surface area contributed by atoms with Crippen LogP contribution >= 0.6 is 11.6 Å². The van der Waals surface area contributed by atoms with E-state index in [1.807, 2.05) is 28.9 Å². The molecule has 196 valence electrons. The second-order valence-corrected chi connectivity index (χ2v) is 10.4. The van der Waals surface area contributed by atoms with Gasteiger partial charge in [-0.15, -0.1) is 0 Å². The number of hydrogen-bond acceptors (Lipinski definition) is 7. The SMILES string of the molecule is C[C@H]1CN(c2cn3c(=O)c4c(nc3c(-c3ccc(Cl)c(F)c3F)n2)COC4)C[C@@H](c2cnn(C3CC3)c2)O1. The first-order valence-electron chi connectivity index (χ1n) is 12.5. The number of nitrogens with zero attached hydrogens (tertiary/aromatic N) is 6. The summed E-state index contributed by atoms with van der Waals surface area (Å²) in [6.45, 7) is 3.18. The van der Waals surface area contributed by atoms with Gasteiger partial charge in [0, 0.05) is 23.9 Å². The Kier molecular flexibility index (Phi) is 5.50. The van der Waals surface area contributed by atoms with Crippen LogP contribution in [0, 0.1) is 11.6 Å². The van der Waals surface area contributed by atoms with Crippen molar-refractivity contribution in [2.45, 2.75) is 51.2 Å². The summed E-state index contributed by atoms with van der Waals surface area (Å²) in [5.41, 5.74) is 1.55. The zero-order chi connectivity index (χ0) is 26.1. The Balaban J connectivity index is 1.37. The second kappa shape index (κ2) is 8.82. The van der Waals surface area contributed by atoms with E-state index < -0.39 is 11.6 Å². The highest BCUT2D eigenvalue weighted by Gasteiger charge is 2.32. The van der Waals surface area contributed by atoms with Crippen molar-refractivity contribution in [2.24, 2.45) is 0 Å². The molecule has 0 radical (unpaired) electrons. The van der Waals surface area contributed by atoms with Crippen molar-refractivity contribution in [3.63, 3.8) is 0 Å². The second-order valence-electron chi connectivity index (χ2n) is 10.0. The van der Waals surface area contributed by atoms with E-state index >= 15 is 4.39 Å². The van der Waals surface area contributed by atoms with E-state index in [9.17, 15) is 9.18 Å². The number of rotatable bonds is 4. The monoisotopic (exact) mass is 540 g/mol. The van der Waals surface area contributed by atoms with Crippen LogP contribution in [0.1, 0.15) is 48.7 Å². The van der Waals surface area contributed by atoms with E-state index in [-0.39, 0.29) is 52.9 Å². The summed E-state index contributed by atoms with van der Waals surface area (Å²) < 4.78 is 44.6. The third-order valence-electron chi connectivity index (χ3n) is 7.25. The molecule has 12 heteroatoms. The van der Waals surface area contributed by atoms with E-state index in [0.717, 1.165) is 18.4 Å². The van der Waals surface area contributed by atoms with Gasteiger partial charge in [0.2, 0.25) is 0 Å². The summed E-state index contributed by atoms with van der Waals surface area (Å²) in [6, 6.07) is 3.06. The lowest BCUT2D eigenvalue weighted by Gasteiger charge is -2.37. The summed E-state index contributed by atoms with van der Waals surface area (Å²) in [5.74, 6) is -1.93. The molecular formula is C26H23ClF2N6O3. The maximum Gasteiger partial charge on any atom is 0.263 e. The number of benzene rings is 1. The van der Waals surface area contributed by atoms with Gasteiger partial charge in [0.15, 0.2) is 17.3 Å². The highest BCUT2D eigenvalue weighted by Crippen LogP contribution is 2.36. The number of aromatic nitrogens is 5. The van der Waals surface area contributed by atoms with Crippen LogP contribution < -0.4 is 10.5 Å². The van der Waals surface area contributed by atoms with Crippen molar-refractivity contribution in [1.29, 1.82) is 0 Å². The molecule has 3 aliphatic rings. The first-order chi connectivity index (χ1) is 18.4. The van der Waals surface area contributed by atoms with Crippen LogP contribution in [0.2, 0.25) is 5.02 Å². The lowest BCUT2D eigenvalue weighted by Crippen LogP contribution is -2.43. The summed E-state index contributed by atoms with van der Waals surface area (Å²) in [4.78, 5) is 24.7. The zero-order valence-electron chi connectivity index (χ0n) is 20.4. The van der Waals surface area contributed by atoms with Gasteiger partial charge in [-0.3, -0.25) is 13.9 Å². The van der Waals surface area contributed by atoms with Gasteiger partial charge in [-0.1, -0.05) is 11.6 Å². The highest BCUT2D eigenvalue weighted by molar-refractivity contribution is 6.30. The number of fused-ring (bicyclic) bond motifs is 2. The van der Waals surface area contributed by atoms with Crippen LogP contribution in [-0.2, 0) is 22.7 Å². The van der Waals surface area contributed by atoms with Crippen LogP contribution in [0.3, 0.4) is 0 Å². The molecule has 1 aromatic carbocycles. The van der Waals surface area contributed by atoms with Gasteiger partial charge in [0.05, 0.1) is 60.6 Å². The number of halogens is 3. The summed E-state index contributed by atoms with van der Waals surface area (Å²) in [7, 11) is 0. The van der Waals surface area contributed by atoms with E-state index in [1.54, 1.807) is 6.20 Å². The molecule has 5 heterocycles. The fraction of sp³-hybridized carbons (Fsp3) is 0.385. The summed E-state index contributed by atoms with van der Waals surface area (Å²) in [5, 5.41) is 4.15. The molecule has 0 bridgehead atoms. The van der Waals surface area contributed by atoms with Gasteiger partial charge in [-0.2, -0.15) is 5.10 Å². The van der Waals surface area contributed by atoms with E-state index in [0.29, 0.717) is 36.2 Å². The minimum absolute atomic E-state index is 0.0413. The first kappa shape index (κ1) is 23.7. The van der Waals surface area contributed by atoms with Gasteiger partial charge in [-0.25, -0.2) is 18.7 Å². The Bertz CT molecular complexity index is 1650. The molecule has 0 unspecified atom stereocenters. The Morgan fingerprint density at radius 3 is 2.74 bits per heavy atom. The fourth-order valence-electron chi connectivity index (χ4n) is 5.15. The molecule has 3 aromatic heterocycles. The number of ether oxygens (including phenoxy) is 2. The van der Waals surface area contributed by atoms with E-state index in [1.165, 1.54) is 16.5 Å². The topological polar surface area (TPSA) is 86.8 Å². The van der Waals surface area contributed by atoms with Crippen molar-refractivity contribution in [3.8, 4) is 11.3 Å². The number of morpholine rings is 1. The molecular weight excluding hydrogens is 518 g/mol. The molecule has 38 heavy (non-hydrogen) atoms. The predicted octanol–water partition coefficient (Wildman–Crippen LogP) is 4.22. The van der Waals surface area contributed by atoms with Gasteiger partial charge in [-0.05, 0) is 31.9 Å². The van der Waals surface area contributed by atoms with Crippen LogP contribution in [0.15, 0.2) is 35.5 Å². The van der Waals surface area contributed by atoms with Crippen LogP contribution in [0.4, 0.5) is 14.6 Å². The van der Waals surface area contributed by atoms with Gasteiger partial charge in [0.25, 0.3) is 5.56 Å². The summed E-state index contributed by atoms with van der Waals surface area (Å²) in [6.07, 6.45) is 7.24. The van der Waals surface area contributed by atoms with Crippen molar-refractivity contribution in [1.82, 2.24) is 24.1 Å². The smallest absolute Gasteiger partial charge is 0.263 e. The maximum atomic E-state index is 15.2. The van der Waals surface area contributed by atoms with Crippen LogP contribution in [0.5, 0.6) is 0 Å². The van der Waals surface area contributed by atoms with Crippen LogP contribution in [0.25, 0.3) is 16.9 Å². The first-order valence-corrected chi connectivity index (χ1v) is 12.9. The number of hydrogen-bond donors (Lipinski definition) is 0. The molecule has 2 atom stereocenters. The molecule has 0 amide bonds. The Morgan fingerprint density at radius 2 is 1.92 bits per heavy atom. The highest BCUT2D eigenvalue weighted by atomic mass is 35.5. The minimum atomic E-state index is -1.19. The predicted molar refractivity (Wildman–Crippen MR) is 134 cm³/mol. The molecule has 2 fully saturated rings. The minimum Gasteiger partial charge on any atom is -0.370 e. The molecule has 1 saturated heterocycles. The third-order valence-corrected chi connectivity index (χ3v) is 7.54.